The molecule has 1 aliphatic heterocycles. The molecule has 0 unspecified atom stereocenters. The zero-order valence-corrected chi connectivity index (χ0v) is 17.7. The predicted octanol–water partition coefficient (Wildman–Crippen LogP) is 4.59. The summed E-state index contributed by atoms with van der Waals surface area (Å²) in [7, 11) is 0. The fourth-order valence-electron chi connectivity index (χ4n) is 4.33. The van der Waals surface area contributed by atoms with E-state index in [1.807, 2.05) is 17.0 Å². The number of amides is 1. The van der Waals surface area contributed by atoms with Crippen molar-refractivity contribution >= 4 is 23.5 Å². The molecule has 5 nitrogen and oxygen atoms in total. The molecule has 1 aromatic carbocycles. The van der Waals surface area contributed by atoms with E-state index in [0.717, 1.165) is 42.9 Å². The first-order chi connectivity index (χ1) is 15.3. The van der Waals surface area contributed by atoms with Gasteiger partial charge in [-0.15, -0.1) is 0 Å². The zero-order chi connectivity index (χ0) is 22.7. The van der Waals surface area contributed by atoms with Gasteiger partial charge in [0.1, 0.15) is 11.5 Å². The number of nitrogens with zero attached hydrogens (tertiary/aromatic N) is 2. The topological polar surface area (TPSA) is 65.5 Å². The van der Waals surface area contributed by atoms with Gasteiger partial charge in [-0.05, 0) is 67.5 Å². The van der Waals surface area contributed by atoms with Crippen molar-refractivity contribution < 1.29 is 23.1 Å². The summed E-state index contributed by atoms with van der Waals surface area (Å²) in [5, 5.41) is 12.8. The van der Waals surface area contributed by atoms with Crippen LogP contribution >= 0.6 is 0 Å². The highest BCUT2D eigenvalue weighted by atomic mass is 19.4. The van der Waals surface area contributed by atoms with Gasteiger partial charge in [0, 0.05) is 36.8 Å². The second-order valence-corrected chi connectivity index (χ2v) is 8.32. The minimum absolute atomic E-state index is 0.254. The quantitative estimate of drug-likeness (QED) is 0.676. The van der Waals surface area contributed by atoms with E-state index in [1.54, 1.807) is 6.07 Å². The van der Waals surface area contributed by atoms with E-state index in [4.69, 9.17) is 0 Å². The Bertz CT molecular complexity index is 1010. The average Bonchev–Trinajstić information content (AvgIpc) is 2.78. The predicted molar refractivity (Wildman–Crippen MR) is 117 cm³/mol. The first-order valence-electron chi connectivity index (χ1n) is 10.9. The van der Waals surface area contributed by atoms with Gasteiger partial charge in [-0.3, -0.25) is 4.79 Å². The average molecular weight is 445 g/mol. The molecule has 0 radical (unpaired) electrons. The Hall–Kier alpha value is -2.87. The van der Waals surface area contributed by atoms with E-state index in [2.05, 4.69) is 10.3 Å². The van der Waals surface area contributed by atoms with E-state index < -0.39 is 18.0 Å². The largest absolute Gasteiger partial charge is 0.433 e. The Balaban J connectivity index is 1.56. The van der Waals surface area contributed by atoms with Crippen LogP contribution in [-0.2, 0) is 23.8 Å². The number of hydrogen-bond acceptors (Lipinski definition) is 4. The lowest BCUT2D eigenvalue weighted by Gasteiger charge is -2.29. The molecular formula is C24H26F3N3O2. The van der Waals surface area contributed by atoms with Crippen molar-refractivity contribution in [2.75, 3.05) is 23.3 Å². The van der Waals surface area contributed by atoms with Crippen LogP contribution in [0, 0.1) is 0 Å². The number of alkyl halides is 3. The number of halogens is 3. The third-order valence-electron chi connectivity index (χ3n) is 5.98. The molecule has 1 amide bonds. The Kier molecular flexibility index (Phi) is 6.50. The Labute approximate surface area is 185 Å². The van der Waals surface area contributed by atoms with Crippen molar-refractivity contribution in [3.8, 4) is 0 Å². The van der Waals surface area contributed by atoms with Crippen LogP contribution in [0.1, 0.15) is 48.1 Å². The summed E-state index contributed by atoms with van der Waals surface area (Å²) >= 11 is 0. The summed E-state index contributed by atoms with van der Waals surface area (Å²) < 4.78 is 39.6. The normalized spacial score (nSPS) is 19.1. The van der Waals surface area contributed by atoms with Crippen LogP contribution in [0.4, 0.5) is 24.7 Å². The van der Waals surface area contributed by atoms with Gasteiger partial charge in [-0.25, -0.2) is 4.98 Å². The number of aliphatic hydroxyl groups excluding tert-OH is 1. The van der Waals surface area contributed by atoms with Crippen LogP contribution in [0.2, 0.25) is 0 Å². The number of nitrogens with one attached hydrogen (secondary N) is 1. The molecule has 0 spiro atoms. The summed E-state index contributed by atoms with van der Waals surface area (Å²) in [5.74, 6) is -0.133. The molecule has 2 aromatic rings. The lowest BCUT2D eigenvalue weighted by molar-refractivity contribution is -0.141. The molecular weight excluding hydrogens is 419 g/mol. The zero-order valence-electron chi connectivity index (χ0n) is 17.7. The van der Waals surface area contributed by atoms with Gasteiger partial charge in [-0.1, -0.05) is 12.1 Å². The lowest BCUT2D eigenvalue weighted by atomic mass is 9.88. The van der Waals surface area contributed by atoms with Gasteiger partial charge in [0.05, 0.1) is 6.10 Å². The Morgan fingerprint density at radius 3 is 2.69 bits per heavy atom. The molecule has 170 valence electrons. The van der Waals surface area contributed by atoms with Gasteiger partial charge >= 0.3 is 6.18 Å². The maximum Gasteiger partial charge on any atom is 0.433 e. The van der Waals surface area contributed by atoms with Gasteiger partial charge < -0.3 is 15.3 Å². The molecule has 1 aliphatic carbocycles. The molecule has 0 saturated carbocycles. The molecule has 1 saturated heterocycles. The third-order valence-corrected chi connectivity index (χ3v) is 5.98. The summed E-state index contributed by atoms with van der Waals surface area (Å²) in [4.78, 5) is 18.3. The number of fused-ring (bicyclic) bond motifs is 1. The first kappa shape index (κ1) is 22.3. The molecule has 32 heavy (non-hydrogen) atoms. The van der Waals surface area contributed by atoms with Crippen molar-refractivity contribution in [3.05, 3.63) is 58.8 Å². The third kappa shape index (κ3) is 5.12. The number of pyridine rings is 1. The highest BCUT2D eigenvalue weighted by Gasteiger charge is 2.33. The fourth-order valence-corrected chi connectivity index (χ4v) is 4.33. The lowest BCUT2D eigenvalue weighted by Crippen LogP contribution is -2.31. The first-order valence-corrected chi connectivity index (χ1v) is 10.9. The van der Waals surface area contributed by atoms with E-state index in [-0.39, 0.29) is 11.7 Å². The Morgan fingerprint density at radius 1 is 1.16 bits per heavy atom. The molecule has 0 bridgehead atoms. The fraction of sp³-hybridized carbons (Fsp3) is 0.417. The van der Waals surface area contributed by atoms with Crippen molar-refractivity contribution in [2.45, 2.75) is 50.8 Å². The SMILES string of the molecule is O=C(/C=C/c1ccc(C(F)(F)F)nc1N1CCCCC1)Nc1cccc2c1C[C@@H](O)CC2. The second kappa shape index (κ2) is 9.32. The highest BCUT2D eigenvalue weighted by molar-refractivity contribution is 6.02. The second-order valence-electron chi connectivity index (χ2n) is 8.32. The standard InChI is InChI=1S/C24H26F3N3O2/c25-24(26,27)21-11-8-17(23(29-21)30-13-2-1-3-14-30)9-12-22(32)28-20-6-4-5-16-7-10-18(31)15-19(16)20/h4-6,8-9,11-12,18,31H,1-3,7,10,13-15H2,(H,28,32)/b12-9+/t18-/m0/s1. The Morgan fingerprint density at radius 2 is 1.94 bits per heavy atom. The summed E-state index contributed by atoms with van der Waals surface area (Å²) in [6.07, 6.45) is 2.64. The number of hydrogen-bond donors (Lipinski definition) is 2. The van der Waals surface area contributed by atoms with Crippen LogP contribution in [0.25, 0.3) is 6.08 Å². The maximum atomic E-state index is 13.2. The van der Waals surface area contributed by atoms with E-state index >= 15 is 0 Å². The summed E-state index contributed by atoms with van der Waals surface area (Å²) in [5.41, 5.74) is 2.22. The van der Waals surface area contributed by atoms with Crippen LogP contribution in [0.15, 0.2) is 36.4 Å². The number of aryl methyl sites for hydroxylation is 1. The van der Waals surface area contributed by atoms with Crippen molar-refractivity contribution in [2.24, 2.45) is 0 Å². The molecule has 1 atom stereocenters. The maximum absolute atomic E-state index is 13.2. The molecule has 8 heteroatoms. The number of piperidine rings is 1. The van der Waals surface area contributed by atoms with Crippen molar-refractivity contribution in [1.82, 2.24) is 4.98 Å². The van der Waals surface area contributed by atoms with Gasteiger partial charge in [0.25, 0.3) is 0 Å². The van der Waals surface area contributed by atoms with Crippen LogP contribution < -0.4 is 10.2 Å². The number of benzene rings is 1. The molecule has 4 rings (SSSR count). The van der Waals surface area contributed by atoms with E-state index in [0.29, 0.717) is 37.2 Å². The summed E-state index contributed by atoms with van der Waals surface area (Å²) in [6, 6.07) is 7.96. The van der Waals surface area contributed by atoms with Gasteiger partial charge in [0.15, 0.2) is 0 Å². The smallest absolute Gasteiger partial charge is 0.393 e. The molecule has 1 aromatic heterocycles. The number of rotatable bonds is 4. The number of aliphatic hydroxyl groups is 1. The van der Waals surface area contributed by atoms with Gasteiger partial charge in [-0.2, -0.15) is 13.2 Å². The number of carbonyl (C=O) groups is 1. The van der Waals surface area contributed by atoms with E-state index in [9.17, 15) is 23.1 Å². The number of anilines is 2. The minimum Gasteiger partial charge on any atom is -0.393 e. The van der Waals surface area contributed by atoms with Crippen LogP contribution in [0.3, 0.4) is 0 Å². The molecule has 1 fully saturated rings. The van der Waals surface area contributed by atoms with Crippen molar-refractivity contribution in [1.29, 1.82) is 0 Å². The van der Waals surface area contributed by atoms with E-state index in [1.165, 1.54) is 18.2 Å². The van der Waals surface area contributed by atoms with Crippen molar-refractivity contribution in [3.63, 3.8) is 0 Å². The van der Waals surface area contributed by atoms with Gasteiger partial charge in [0.2, 0.25) is 5.91 Å². The highest BCUT2D eigenvalue weighted by Crippen LogP contribution is 2.32. The summed E-state index contributed by atoms with van der Waals surface area (Å²) in [6.45, 7) is 1.28. The molecule has 2 aliphatic rings. The monoisotopic (exact) mass is 445 g/mol. The molecule has 2 heterocycles. The number of carbonyl (C=O) groups excluding carboxylic acids is 1. The van der Waals surface area contributed by atoms with Crippen LogP contribution in [0.5, 0.6) is 0 Å². The number of aromatic nitrogens is 1. The minimum atomic E-state index is -4.53. The molecule has 2 N–H and O–H groups in total. The van der Waals surface area contributed by atoms with Crippen LogP contribution in [-0.4, -0.2) is 35.2 Å².